The van der Waals surface area contributed by atoms with Crippen LogP contribution in [0.25, 0.3) is 0 Å². The number of benzene rings is 1. The van der Waals surface area contributed by atoms with Crippen LogP contribution in [0.3, 0.4) is 0 Å². The van der Waals surface area contributed by atoms with Crippen LogP contribution in [0, 0.1) is 0 Å². The Bertz CT molecular complexity index is 384. The first-order chi connectivity index (χ1) is 8.20. The van der Waals surface area contributed by atoms with E-state index in [2.05, 4.69) is 12.2 Å². The molecule has 0 saturated carbocycles. The summed E-state index contributed by atoms with van der Waals surface area (Å²) in [5, 5.41) is 4.22. The third-order valence-electron chi connectivity index (χ3n) is 3.17. The van der Waals surface area contributed by atoms with Crippen LogP contribution < -0.4 is 10.1 Å². The van der Waals surface area contributed by atoms with Crippen LogP contribution in [0.1, 0.15) is 18.9 Å². The first kappa shape index (κ1) is 12.7. The van der Waals surface area contributed by atoms with Crippen LogP contribution in [0.15, 0.2) is 18.2 Å². The van der Waals surface area contributed by atoms with Gasteiger partial charge in [0.25, 0.3) is 0 Å². The summed E-state index contributed by atoms with van der Waals surface area (Å²) in [6.07, 6.45) is 1.34. The highest BCUT2D eigenvalue weighted by molar-refractivity contribution is 6.30. The van der Waals surface area contributed by atoms with E-state index in [0.29, 0.717) is 6.04 Å². The van der Waals surface area contributed by atoms with Gasteiger partial charge in [0, 0.05) is 29.8 Å². The zero-order valence-corrected chi connectivity index (χ0v) is 11.0. The van der Waals surface area contributed by atoms with E-state index in [-0.39, 0.29) is 6.10 Å². The van der Waals surface area contributed by atoms with E-state index in [1.807, 2.05) is 18.2 Å². The standard InChI is InChI=1S/C13H18ClNO2/c1-9-12(5-6-17-9)15-8-10-7-11(14)3-4-13(10)16-2/h3-4,7,9,12,15H,5-6,8H2,1-2H3. The first-order valence-electron chi connectivity index (χ1n) is 5.88. The van der Waals surface area contributed by atoms with Crippen LogP contribution in [0.2, 0.25) is 5.02 Å². The number of methoxy groups -OCH3 is 1. The maximum Gasteiger partial charge on any atom is 0.123 e. The quantitative estimate of drug-likeness (QED) is 0.897. The van der Waals surface area contributed by atoms with Crippen molar-refractivity contribution in [2.75, 3.05) is 13.7 Å². The smallest absolute Gasteiger partial charge is 0.123 e. The summed E-state index contributed by atoms with van der Waals surface area (Å²) in [7, 11) is 1.67. The Balaban J connectivity index is 2.00. The second-order valence-corrected chi connectivity index (χ2v) is 4.74. The monoisotopic (exact) mass is 255 g/mol. The molecule has 1 heterocycles. The molecule has 1 aliphatic rings. The fourth-order valence-electron chi connectivity index (χ4n) is 2.13. The van der Waals surface area contributed by atoms with Gasteiger partial charge in [-0.2, -0.15) is 0 Å². The Kier molecular flexibility index (Phi) is 4.26. The number of nitrogens with one attached hydrogen (secondary N) is 1. The molecule has 1 aliphatic heterocycles. The highest BCUT2D eigenvalue weighted by atomic mass is 35.5. The fourth-order valence-corrected chi connectivity index (χ4v) is 2.32. The zero-order valence-electron chi connectivity index (χ0n) is 10.2. The molecule has 4 heteroatoms. The summed E-state index contributed by atoms with van der Waals surface area (Å²) in [6.45, 7) is 3.69. The van der Waals surface area contributed by atoms with E-state index in [4.69, 9.17) is 21.1 Å². The third kappa shape index (κ3) is 3.12. The molecule has 17 heavy (non-hydrogen) atoms. The van der Waals surface area contributed by atoms with Crippen molar-refractivity contribution in [2.24, 2.45) is 0 Å². The van der Waals surface area contributed by atoms with Crippen molar-refractivity contribution in [3.05, 3.63) is 28.8 Å². The van der Waals surface area contributed by atoms with E-state index >= 15 is 0 Å². The molecular formula is C13H18ClNO2. The van der Waals surface area contributed by atoms with E-state index in [1.54, 1.807) is 7.11 Å². The molecule has 1 fully saturated rings. The van der Waals surface area contributed by atoms with E-state index < -0.39 is 0 Å². The van der Waals surface area contributed by atoms with Gasteiger partial charge in [0.2, 0.25) is 0 Å². The summed E-state index contributed by atoms with van der Waals surface area (Å²) in [5.41, 5.74) is 1.08. The molecule has 2 atom stereocenters. The zero-order chi connectivity index (χ0) is 12.3. The van der Waals surface area contributed by atoms with Gasteiger partial charge in [-0.15, -0.1) is 0 Å². The molecule has 1 aromatic carbocycles. The topological polar surface area (TPSA) is 30.5 Å². The Labute approximate surface area is 107 Å². The molecule has 3 nitrogen and oxygen atoms in total. The molecule has 0 aliphatic carbocycles. The maximum absolute atomic E-state index is 5.99. The van der Waals surface area contributed by atoms with Gasteiger partial charge < -0.3 is 14.8 Å². The van der Waals surface area contributed by atoms with Gasteiger partial charge >= 0.3 is 0 Å². The Morgan fingerprint density at radius 2 is 2.35 bits per heavy atom. The predicted molar refractivity (Wildman–Crippen MR) is 68.7 cm³/mol. The lowest BCUT2D eigenvalue weighted by molar-refractivity contribution is 0.113. The van der Waals surface area contributed by atoms with Crippen LogP contribution in [-0.2, 0) is 11.3 Å². The molecule has 0 bridgehead atoms. The highest BCUT2D eigenvalue weighted by Crippen LogP contribution is 2.23. The van der Waals surface area contributed by atoms with Gasteiger partial charge in [0.15, 0.2) is 0 Å². The molecule has 2 rings (SSSR count). The average Bonchev–Trinajstić information content (AvgIpc) is 2.72. The molecule has 2 unspecified atom stereocenters. The van der Waals surface area contributed by atoms with Crippen molar-refractivity contribution in [1.29, 1.82) is 0 Å². The summed E-state index contributed by atoms with van der Waals surface area (Å²) in [4.78, 5) is 0. The SMILES string of the molecule is COc1ccc(Cl)cc1CNC1CCOC1C. The first-order valence-corrected chi connectivity index (χ1v) is 6.26. The van der Waals surface area contributed by atoms with Crippen molar-refractivity contribution >= 4 is 11.6 Å². The molecular weight excluding hydrogens is 238 g/mol. The second-order valence-electron chi connectivity index (χ2n) is 4.31. The summed E-state index contributed by atoms with van der Waals surface area (Å²) >= 11 is 5.99. The van der Waals surface area contributed by atoms with Crippen molar-refractivity contribution < 1.29 is 9.47 Å². The van der Waals surface area contributed by atoms with Crippen LogP contribution in [-0.4, -0.2) is 25.9 Å². The predicted octanol–water partition coefficient (Wildman–Crippen LogP) is 2.62. The summed E-state index contributed by atoms with van der Waals surface area (Å²) in [6, 6.07) is 6.09. The molecule has 0 aromatic heterocycles. The lowest BCUT2D eigenvalue weighted by Gasteiger charge is -2.17. The number of halogens is 1. The molecule has 1 N–H and O–H groups in total. The second kappa shape index (κ2) is 5.71. The van der Waals surface area contributed by atoms with Gasteiger partial charge in [0.1, 0.15) is 5.75 Å². The maximum atomic E-state index is 5.99. The molecule has 94 valence electrons. The van der Waals surface area contributed by atoms with Gasteiger partial charge in [-0.1, -0.05) is 11.6 Å². The lowest BCUT2D eigenvalue weighted by atomic mass is 10.1. The minimum Gasteiger partial charge on any atom is -0.496 e. The molecule has 1 saturated heterocycles. The number of hydrogen-bond acceptors (Lipinski definition) is 3. The lowest BCUT2D eigenvalue weighted by Crippen LogP contribution is -2.34. The Hall–Kier alpha value is -0.770. The van der Waals surface area contributed by atoms with Crippen molar-refractivity contribution in [3.63, 3.8) is 0 Å². The van der Waals surface area contributed by atoms with Crippen molar-refractivity contribution in [2.45, 2.75) is 32.0 Å². The highest BCUT2D eigenvalue weighted by Gasteiger charge is 2.23. The fraction of sp³-hybridized carbons (Fsp3) is 0.538. The molecule has 0 amide bonds. The minimum atomic E-state index is 0.278. The van der Waals surface area contributed by atoms with Crippen molar-refractivity contribution in [1.82, 2.24) is 5.32 Å². The number of hydrogen-bond donors (Lipinski definition) is 1. The summed E-state index contributed by atoms with van der Waals surface area (Å²) in [5.74, 6) is 0.869. The molecule has 0 spiro atoms. The summed E-state index contributed by atoms with van der Waals surface area (Å²) < 4.78 is 10.8. The van der Waals surface area contributed by atoms with Gasteiger partial charge in [-0.25, -0.2) is 0 Å². The van der Waals surface area contributed by atoms with E-state index in [1.165, 1.54) is 0 Å². The van der Waals surface area contributed by atoms with Crippen LogP contribution >= 0.6 is 11.6 Å². The van der Waals surface area contributed by atoms with Gasteiger partial charge in [-0.05, 0) is 31.5 Å². The molecule has 1 aromatic rings. The van der Waals surface area contributed by atoms with E-state index in [0.717, 1.165) is 35.9 Å². The Morgan fingerprint density at radius 1 is 1.53 bits per heavy atom. The minimum absolute atomic E-state index is 0.278. The Morgan fingerprint density at radius 3 is 3.00 bits per heavy atom. The molecule has 0 radical (unpaired) electrons. The number of ether oxygens (including phenoxy) is 2. The largest absolute Gasteiger partial charge is 0.496 e. The van der Waals surface area contributed by atoms with Gasteiger partial charge in [0.05, 0.1) is 13.2 Å². The average molecular weight is 256 g/mol. The third-order valence-corrected chi connectivity index (χ3v) is 3.41. The van der Waals surface area contributed by atoms with Crippen LogP contribution in [0.5, 0.6) is 5.75 Å². The normalized spacial score (nSPS) is 23.9. The number of rotatable bonds is 4. The van der Waals surface area contributed by atoms with Crippen molar-refractivity contribution in [3.8, 4) is 5.75 Å². The van der Waals surface area contributed by atoms with Gasteiger partial charge in [-0.3, -0.25) is 0 Å². The van der Waals surface area contributed by atoms with E-state index in [9.17, 15) is 0 Å². The van der Waals surface area contributed by atoms with Crippen LogP contribution in [0.4, 0.5) is 0 Å².